The third kappa shape index (κ3) is 3.16. The predicted molar refractivity (Wildman–Crippen MR) is 122 cm³/mol. The van der Waals surface area contributed by atoms with E-state index in [1.165, 1.54) is 37.9 Å². The Bertz CT molecular complexity index is 1290. The molecule has 0 spiro atoms. The summed E-state index contributed by atoms with van der Waals surface area (Å²) in [5, 5.41) is 6.03. The maximum Gasteiger partial charge on any atom is 0.164 e. The lowest BCUT2D eigenvalue weighted by molar-refractivity contribution is 0.0929. The van der Waals surface area contributed by atoms with Gasteiger partial charge in [-0.15, -0.1) is 0 Å². The second kappa shape index (κ2) is 7.16. The summed E-state index contributed by atoms with van der Waals surface area (Å²) in [4.78, 5) is 16.9. The highest BCUT2D eigenvalue weighted by Crippen LogP contribution is 2.46. The normalized spacial score (nSPS) is 25.4. The molecule has 2 atom stereocenters. The molecule has 7 heteroatoms. The minimum Gasteiger partial charge on any atom is -0.366 e. The first kappa shape index (κ1) is 19.0. The molecular formula is C24H23ClFN5. The number of pyridine rings is 1. The molecule has 0 amide bonds. The van der Waals surface area contributed by atoms with Crippen molar-refractivity contribution in [3.05, 3.63) is 47.5 Å². The molecule has 2 N–H and O–H groups in total. The number of hydrogen-bond acceptors (Lipinski definition) is 4. The zero-order valence-corrected chi connectivity index (χ0v) is 18.0. The maximum atomic E-state index is 13.9. The quantitative estimate of drug-likeness (QED) is 0.402. The van der Waals surface area contributed by atoms with Crippen molar-refractivity contribution in [1.82, 2.24) is 19.9 Å². The summed E-state index contributed by atoms with van der Waals surface area (Å²) in [5.41, 5.74) is 2.11. The molecule has 31 heavy (non-hydrogen) atoms. The molecule has 5 nitrogen and oxygen atoms in total. The first-order valence-corrected chi connectivity index (χ1v) is 11.3. The van der Waals surface area contributed by atoms with Crippen LogP contribution in [0.3, 0.4) is 0 Å². The molecule has 3 aromatic heterocycles. The summed E-state index contributed by atoms with van der Waals surface area (Å²) < 4.78 is 13.9. The van der Waals surface area contributed by atoms with E-state index >= 15 is 0 Å². The fourth-order valence-corrected chi connectivity index (χ4v) is 5.82. The average molecular weight is 436 g/mol. The van der Waals surface area contributed by atoms with Crippen molar-refractivity contribution in [2.45, 2.75) is 38.6 Å². The van der Waals surface area contributed by atoms with Crippen molar-refractivity contribution in [2.24, 2.45) is 17.8 Å². The molecule has 7 rings (SSSR count). The second-order valence-corrected chi connectivity index (χ2v) is 9.45. The van der Waals surface area contributed by atoms with E-state index in [-0.39, 0.29) is 5.82 Å². The van der Waals surface area contributed by atoms with Crippen LogP contribution in [-0.4, -0.2) is 26.0 Å². The van der Waals surface area contributed by atoms with Crippen LogP contribution in [0.15, 0.2) is 36.7 Å². The van der Waals surface area contributed by atoms with Gasteiger partial charge in [0.2, 0.25) is 0 Å². The van der Waals surface area contributed by atoms with Crippen molar-refractivity contribution in [2.75, 3.05) is 5.32 Å². The fraction of sp³-hybridized carbons (Fsp3) is 0.375. The molecule has 3 aliphatic rings. The highest BCUT2D eigenvalue weighted by molar-refractivity contribution is 6.31. The van der Waals surface area contributed by atoms with E-state index in [4.69, 9.17) is 21.6 Å². The van der Waals surface area contributed by atoms with Gasteiger partial charge >= 0.3 is 0 Å². The lowest BCUT2D eigenvalue weighted by Gasteiger charge is -2.47. The van der Waals surface area contributed by atoms with Crippen LogP contribution in [0.2, 0.25) is 5.02 Å². The first-order chi connectivity index (χ1) is 15.1. The van der Waals surface area contributed by atoms with Gasteiger partial charge in [-0.3, -0.25) is 0 Å². The van der Waals surface area contributed by atoms with Gasteiger partial charge < -0.3 is 10.3 Å². The van der Waals surface area contributed by atoms with Crippen molar-refractivity contribution >= 4 is 39.4 Å². The number of nitrogens with one attached hydrogen (secondary N) is 2. The van der Waals surface area contributed by atoms with Crippen LogP contribution in [0, 0.1) is 23.6 Å². The van der Waals surface area contributed by atoms with Gasteiger partial charge in [0.05, 0.1) is 11.7 Å². The summed E-state index contributed by atoms with van der Waals surface area (Å²) in [6, 6.07) is 7.58. The monoisotopic (exact) mass is 435 g/mol. The third-order valence-electron chi connectivity index (χ3n) is 7.34. The Hall–Kier alpha value is -2.73. The van der Waals surface area contributed by atoms with Gasteiger partial charge in [-0.2, -0.15) is 0 Å². The minimum absolute atomic E-state index is 0.386. The first-order valence-electron chi connectivity index (χ1n) is 10.9. The van der Waals surface area contributed by atoms with Gasteiger partial charge in [-0.1, -0.05) is 18.5 Å². The SMILES string of the molecule is CC1C2CCC(CC2)C1Nc1nc(-c2c[nH]c3ncc(F)cc23)nc2cc(Cl)ccc12. The highest BCUT2D eigenvalue weighted by Gasteiger charge is 2.41. The summed E-state index contributed by atoms with van der Waals surface area (Å²) in [5.74, 6) is 3.03. The van der Waals surface area contributed by atoms with Crippen LogP contribution < -0.4 is 5.32 Å². The van der Waals surface area contributed by atoms with Crippen LogP contribution >= 0.6 is 11.6 Å². The standard InChI is InChI=1S/C24H23ClFN5/c1-12-13-2-4-14(5-3-13)21(12)30-23-17-7-6-15(25)8-20(17)29-24(31-23)19-11-28-22-18(19)9-16(26)10-27-22/h6-14,21H,2-5H2,1H3,(H,27,28)(H,29,30,31). The Morgan fingerprint density at radius 1 is 1.06 bits per heavy atom. The lowest BCUT2D eigenvalue weighted by Crippen LogP contribution is -2.47. The molecule has 0 radical (unpaired) electrons. The number of aromatic nitrogens is 4. The third-order valence-corrected chi connectivity index (χ3v) is 7.57. The number of H-pyrrole nitrogens is 1. The van der Waals surface area contributed by atoms with Crippen molar-refractivity contribution < 1.29 is 4.39 Å². The van der Waals surface area contributed by atoms with Crippen molar-refractivity contribution in [3.63, 3.8) is 0 Å². The molecule has 2 unspecified atom stereocenters. The largest absolute Gasteiger partial charge is 0.366 e. The number of nitrogens with zero attached hydrogens (tertiary/aromatic N) is 3. The van der Waals surface area contributed by atoms with E-state index in [0.717, 1.165) is 28.2 Å². The van der Waals surface area contributed by atoms with E-state index in [1.54, 1.807) is 6.20 Å². The van der Waals surface area contributed by atoms with Crippen LogP contribution in [0.1, 0.15) is 32.6 Å². The molecular weight excluding hydrogens is 413 g/mol. The Morgan fingerprint density at radius 3 is 2.68 bits per heavy atom. The van der Waals surface area contributed by atoms with Gasteiger partial charge in [0.25, 0.3) is 0 Å². The van der Waals surface area contributed by atoms with E-state index in [2.05, 4.69) is 22.2 Å². The number of aromatic amines is 1. The molecule has 158 valence electrons. The molecule has 3 saturated carbocycles. The molecule has 3 fully saturated rings. The minimum atomic E-state index is -0.386. The lowest BCUT2D eigenvalue weighted by atomic mass is 9.62. The van der Waals surface area contributed by atoms with E-state index in [0.29, 0.717) is 39.8 Å². The van der Waals surface area contributed by atoms with Crippen LogP contribution in [0.25, 0.3) is 33.3 Å². The van der Waals surface area contributed by atoms with Crippen LogP contribution in [-0.2, 0) is 0 Å². The Labute approximate surface area is 184 Å². The number of anilines is 1. The number of fused-ring (bicyclic) bond motifs is 5. The fourth-order valence-electron chi connectivity index (χ4n) is 5.66. The smallest absolute Gasteiger partial charge is 0.164 e. The van der Waals surface area contributed by atoms with Crippen LogP contribution in [0.5, 0.6) is 0 Å². The van der Waals surface area contributed by atoms with E-state index < -0.39 is 0 Å². The van der Waals surface area contributed by atoms with Crippen molar-refractivity contribution in [3.8, 4) is 11.4 Å². The highest BCUT2D eigenvalue weighted by atomic mass is 35.5. The number of benzene rings is 1. The van der Waals surface area contributed by atoms with Gasteiger partial charge in [0.1, 0.15) is 17.3 Å². The predicted octanol–water partition coefficient (Wildman–Crippen LogP) is 6.20. The number of hydrogen-bond donors (Lipinski definition) is 2. The Kier molecular flexibility index (Phi) is 4.39. The summed E-state index contributed by atoms with van der Waals surface area (Å²) >= 11 is 6.28. The molecule has 1 aromatic carbocycles. The van der Waals surface area contributed by atoms with E-state index in [9.17, 15) is 4.39 Å². The zero-order valence-electron chi connectivity index (χ0n) is 17.2. The molecule has 0 saturated heterocycles. The molecule has 4 aromatic rings. The molecule has 3 heterocycles. The van der Waals surface area contributed by atoms with Gasteiger partial charge in [0, 0.05) is 33.6 Å². The Morgan fingerprint density at radius 2 is 1.87 bits per heavy atom. The number of halogens is 2. The van der Waals surface area contributed by atoms with Crippen molar-refractivity contribution in [1.29, 1.82) is 0 Å². The Balaban J connectivity index is 1.50. The molecule has 2 bridgehead atoms. The van der Waals surface area contributed by atoms with Crippen LogP contribution in [0.4, 0.5) is 10.2 Å². The summed E-state index contributed by atoms with van der Waals surface area (Å²) in [6.45, 7) is 2.36. The zero-order chi connectivity index (χ0) is 21.1. The summed E-state index contributed by atoms with van der Waals surface area (Å²) in [7, 11) is 0. The molecule has 3 aliphatic carbocycles. The summed E-state index contributed by atoms with van der Waals surface area (Å²) in [6.07, 6.45) is 8.23. The maximum absolute atomic E-state index is 13.9. The topological polar surface area (TPSA) is 66.5 Å². The van der Waals surface area contributed by atoms with E-state index in [1.807, 2.05) is 18.2 Å². The van der Waals surface area contributed by atoms with Gasteiger partial charge in [-0.05, 0) is 67.7 Å². The average Bonchev–Trinajstić information content (AvgIpc) is 3.19. The molecule has 0 aliphatic heterocycles. The number of rotatable bonds is 3. The van der Waals surface area contributed by atoms with Gasteiger partial charge in [0.15, 0.2) is 5.82 Å². The van der Waals surface area contributed by atoms with Gasteiger partial charge in [-0.25, -0.2) is 19.3 Å². The second-order valence-electron chi connectivity index (χ2n) is 9.01.